The topological polar surface area (TPSA) is 71.1 Å². The largest absolute Gasteiger partial charge is 0.494 e. The summed E-state index contributed by atoms with van der Waals surface area (Å²) in [5.74, 6) is 1.16. The first-order valence-electron chi connectivity index (χ1n) is 10.7. The fourth-order valence-corrected chi connectivity index (χ4v) is 3.46. The Morgan fingerprint density at radius 1 is 0.970 bits per heavy atom. The number of fused-ring (bicyclic) bond motifs is 1. The standard InChI is InChI=1S/C27H24O6/c1-3-30-21-11-9-19(10-12-21)14-24-27(29)26-18(2)13-22(15-23(26)33-24)31-17-25(28)32-16-20-7-5-4-6-8-20/h4-15H,3,16-17H2,1-2H3/b24-14-. The highest BCUT2D eigenvalue weighted by Gasteiger charge is 2.30. The van der Waals surface area contributed by atoms with Gasteiger partial charge in [0.25, 0.3) is 0 Å². The van der Waals surface area contributed by atoms with Crippen LogP contribution in [0.4, 0.5) is 0 Å². The van der Waals surface area contributed by atoms with Crippen LogP contribution in [0.25, 0.3) is 6.08 Å². The van der Waals surface area contributed by atoms with Crippen molar-refractivity contribution in [2.75, 3.05) is 13.2 Å². The second kappa shape index (κ2) is 10.0. The summed E-state index contributed by atoms with van der Waals surface area (Å²) in [5.41, 5.74) is 2.93. The zero-order valence-electron chi connectivity index (χ0n) is 18.5. The quantitative estimate of drug-likeness (QED) is 0.354. The lowest BCUT2D eigenvalue weighted by molar-refractivity contribution is -0.147. The Morgan fingerprint density at radius 2 is 1.73 bits per heavy atom. The Kier molecular flexibility index (Phi) is 6.74. The molecule has 4 rings (SSSR count). The van der Waals surface area contributed by atoms with E-state index in [0.717, 1.165) is 16.9 Å². The van der Waals surface area contributed by atoms with E-state index in [1.165, 1.54) is 0 Å². The molecule has 0 radical (unpaired) electrons. The molecule has 0 fully saturated rings. The molecule has 168 valence electrons. The Labute approximate surface area is 192 Å². The second-order valence-electron chi connectivity index (χ2n) is 7.49. The number of ether oxygens (including phenoxy) is 4. The molecule has 1 heterocycles. The number of allylic oxidation sites excluding steroid dienone is 1. The van der Waals surface area contributed by atoms with Crippen molar-refractivity contribution < 1.29 is 28.5 Å². The molecule has 6 heteroatoms. The number of carbonyl (C=O) groups excluding carboxylic acids is 2. The Balaban J connectivity index is 1.40. The number of benzene rings is 3. The third kappa shape index (κ3) is 5.41. The molecule has 0 spiro atoms. The van der Waals surface area contributed by atoms with Crippen LogP contribution in [-0.4, -0.2) is 25.0 Å². The third-order valence-electron chi connectivity index (χ3n) is 5.03. The van der Waals surface area contributed by atoms with Crippen LogP contribution < -0.4 is 14.2 Å². The second-order valence-corrected chi connectivity index (χ2v) is 7.49. The van der Waals surface area contributed by atoms with Gasteiger partial charge in [-0.05, 0) is 54.8 Å². The molecule has 6 nitrogen and oxygen atoms in total. The van der Waals surface area contributed by atoms with E-state index in [2.05, 4.69) is 0 Å². The van der Waals surface area contributed by atoms with Gasteiger partial charge < -0.3 is 18.9 Å². The van der Waals surface area contributed by atoms with Crippen molar-refractivity contribution in [3.63, 3.8) is 0 Å². The summed E-state index contributed by atoms with van der Waals surface area (Å²) in [7, 11) is 0. The van der Waals surface area contributed by atoms with Gasteiger partial charge in [0.15, 0.2) is 12.4 Å². The molecule has 3 aromatic rings. The first-order chi connectivity index (χ1) is 16.0. The molecule has 3 aromatic carbocycles. The molecule has 0 bridgehead atoms. The maximum absolute atomic E-state index is 12.9. The molecular weight excluding hydrogens is 420 g/mol. The summed E-state index contributed by atoms with van der Waals surface area (Å²) in [6.07, 6.45) is 1.69. The van der Waals surface area contributed by atoms with Crippen LogP contribution in [0.3, 0.4) is 0 Å². The highest BCUT2D eigenvalue weighted by molar-refractivity contribution is 6.15. The zero-order chi connectivity index (χ0) is 23.2. The predicted octanol–water partition coefficient (Wildman–Crippen LogP) is 5.13. The van der Waals surface area contributed by atoms with Crippen molar-refractivity contribution in [2.45, 2.75) is 20.5 Å². The van der Waals surface area contributed by atoms with Gasteiger partial charge in [0.05, 0.1) is 12.2 Å². The molecule has 0 saturated carbocycles. The van der Waals surface area contributed by atoms with Gasteiger partial charge in [-0.3, -0.25) is 4.79 Å². The Bertz CT molecular complexity index is 1180. The number of ketones is 1. The molecule has 1 aliphatic rings. The first kappa shape index (κ1) is 22.1. The van der Waals surface area contributed by atoms with Crippen molar-refractivity contribution in [1.82, 2.24) is 0 Å². The minimum absolute atomic E-state index is 0.184. The highest BCUT2D eigenvalue weighted by Crippen LogP contribution is 2.37. The summed E-state index contributed by atoms with van der Waals surface area (Å²) < 4.78 is 22.1. The molecule has 0 aromatic heterocycles. The molecule has 0 atom stereocenters. The number of aryl methyl sites for hydroxylation is 1. The molecule has 33 heavy (non-hydrogen) atoms. The van der Waals surface area contributed by atoms with Gasteiger partial charge in [-0.2, -0.15) is 0 Å². The van der Waals surface area contributed by atoms with Crippen LogP contribution in [0.2, 0.25) is 0 Å². The van der Waals surface area contributed by atoms with E-state index in [4.69, 9.17) is 18.9 Å². The minimum Gasteiger partial charge on any atom is -0.494 e. The maximum Gasteiger partial charge on any atom is 0.344 e. The van der Waals surface area contributed by atoms with E-state index < -0.39 is 5.97 Å². The number of esters is 1. The minimum atomic E-state index is -0.481. The number of Topliss-reactive ketones (excluding diaryl/α,β-unsaturated/α-hetero) is 1. The molecule has 0 N–H and O–H groups in total. The van der Waals surface area contributed by atoms with Crippen LogP contribution in [0.5, 0.6) is 17.2 Å². The summed E-state index contributed by atoms with van der Waals surface area (Å²) in [6.45, 7) is 4.26. The van der Waals surface area contributed by atoms with Gasteiger partial charge >= 0.3 is 5.97 Å². The smallest absolute Gasteiger partial charge is 0.344 e. The van der Waals surface area contributed by atoms with E-state index in [1.54, 1.807) is 25.1 Å². The fourth-order valence-electron chi connectivity index (χ4n) is 3.46. The van der Waals surface area contributed by atoms with E-state index in [0.29, 0.717) is 29.2 Å². The number of hydrogen-bond acceptors (Lipinski definition) is 6. The molecule has 0 saturated heterocycles. The summed E-state index contributed by atoms with van der Waals surface area (Å²) in [6, 6.07) is 20.2. The van der Waals surface area contributed by atoms with Crippen LogP contribution >= 0.6 is 0 Å². The van der Waals surface area contributed by atoms with Crippen LogP contribution in [-0.2, 0) is 16.1 Å². The number of hydrogen-bond donors (Lipinski definition) is 0. The normalized spacial score (nSPS) is 13.4. The van der Waals surface area contributed by atoms with Crippen LogP contribution in [0, 0.1) is 6.92 Å². The summed E-state index contributed by atoms with van der Waals surface area (Å²) >= 11 is 0. The highest BCUT2D eigenvalue weighted by atomic mass is 16.6. The van der Waals surface area contributed by atoms with Crippen molar-refractivity contribution in [1.29, 1.82) is 0 Å². The third-order valence-corrected chi connectivity index (χ3v) is 5.03. The number of carbonyl (C=O) groups is 2. The monoisotopic (exact) mass is 444 g/mol. The fraction of sp³-hybridized carbons (Fsp3) is 0.185. The van der Waals surface area contributed by atoms with Gasteiger partial charge in [0.1, 0.15) is 23.9 Å². The predicted molar refractivity (Wildman–Crippen MR) is 123 cm³/mol. The summed E-state index contributed by atoms with van der Waals surface area (Å²) in [5, 5.41) is 0. The van der Waals surface area contributed by atoms with Crippen molar-refractivity contribution >= 4 is 17.8 Å². The van der Waals surface area contributed by atoms with Gasteiger partial charge in [0.2, 0.25) is 5.78 Å². The maximum atomic E-state index is 12.9. The average molecular weight is 444 g/mol. The lowest BCUT2D eigenvalue weighted by Gasteiger charge is -2.09. The van der Waals surface area contributed by atoms with E-state index in [9.17, 15) is 9.59 Å². The Morgan fingerprint density at radius 3 is 2.45 bits per heavy atom. The molecule has 0 unspecified atom stereocenters. The summed E-state index contributed by atoms with van der Waals surface area (Å²) in [4.78, 5) is 24.9. The van der Waals surface area contributed by atoms with E-state index in [1.807, 2.05) is 61.5 Å². The van der Waals surface area contributed by atoms with Crippen LogP contribution in [0.15, 0.2) is 72.5 Å². The Hall–Kier alpha value is -4.06. The van der Waals surface area contributed by atoms with E-state index in [-0.39, 0.29) is 24.8 Å². The van der Waals surface area contributed by atoms with Gasteiger partial charge in [-0.25, -0.2) is 4.79 Å². The van der Waals surface area contributed by atoms with Gasteiger partial charge in [-0.15, -0.1) is 0 Å². The van der Waals surface area contributed by atoms with Gasteiger partial charge in [0, 0.05) is 6.07 Å². The SMILES string of the molecule is CCOc1ccc(/C=C2\Oc3cc(OCC(=O)OCc4ccccc4)cc(C)c3C2=O)cc1. The lowest BCUT2D eigenvalue weighted by atomic mass is 10.0. The molecule has 0 aliphatic carbocycles. The van der Waals surface area contributed by atoms with Gasteiger partial charge in [-0.1, -0.05) is 42.5 Å². The average Bonchev–Trinajstić information content (AvgIpc) is 3.14. The van der Waals surface area contributed by atoms with Crippen LogP contribution in [0.1, 0.15) is 34.0 Å². The lowest BCUT2D eigenvalue weighted by Crippen LogP contribution is -2.14. The number of rotatable bonds is 8. The molecule has 0 amide bonds. The van der Waals surface area contributed by atoms with Crippen molar-refractivity contribution in [2.24, 2.45) is 0 Å². The first-order valence-corrected chi connectivity index (χ1v) is 10.7. The molecular formula is C27H24O6. The van der Waals surface area contributed by atoms with Crippen molar-refractivity contribution in [3.05, 3.63) is 94.7 Å². The van der Waals surface area contributed by atoms with Crippen molar-refractivity contribution in [3.8, 4) is 17.2 Å². The van der Waals surface area contributed by atoms with E-state index >= 15 is 0 Å². The zero-order valence-corrected chi connectivity index (χ0v) is 18.5. The molecule has 1 aliphatic heterocycles.